The fourth-order valence-electron chi connectivity index (χ4n) is 2.32. The highest BCUT2D eigenvalue weighted by molar-refractivity contribution is 6.31. The molecule has 2 N–H and O–H groups in total. The van der Waals surface area contributed by atoms with E-state index in [2.05, 4.69) is 15.4 Å². The van der Waals surface area contributed by atoms with E-state index in [0.717, 1.165) is 17.7 Å². The van der Waals surface area contributed by atoms with Crippen LogP contribution in [-0.2, 0) is 5.41 Å². The molecule has 0 heterocycles. The lowest BCUT2D eigenvalue weighted by Gasteiger charge is -2.26. The van der Waals surface area contributed by atoms with Crippen molar-refractivity contribution in [3.8, 4) is 5.75 Å². The molecule has 4 nitrogen and oxygen atoms in total. The quantitative estimate of drug-likeness (QED) is 0.729. The molecule has 2 aromatic carbocycles. The Balaban J connectivity index is 1.91. The topological polar surface area (TPSA) is 50.4 Å². The average molecular weight is 387 g/mol. The molecule has 0 aromatic heterocycles. The summed E-state index contributed by atoms with van der Waals surface area (Å²) in [6, 6.07) is 11.8. The highest BCUT2D eigenvalue weighted by Gasteiger charge is 2.31. The van der Waals surface area contributed by atoms with E-state index in [1.807, 2.05) is 32.0 Å². The van der Waals surface area contributed by atoms with Gasteiger partial charge in [0.25, 0.3) is 0 Å². The van der Waals surface area contributed by atoms with Gasteiger partial charge < -0.3 is 15.4 Å². The minimum absolute atomic E-state index is 0.317. The van der Waals surface area contributed by atoms with E-state index in [4.69, 9.17) is 11.6 Å². The predicted octanol–water partition coefficient (Wildman–Crippen LogP) is 5.34. The van der Waals surface area contributed by atoms with Gasteiger partial charge >= 0.3 is 12.4 Å². The molecule has 0 bridgehead atoms. The Morgan fingerprint density at radius 1 is 1.08 bits per heavy atom. The van der Waals surface area contributed by atoms with E-state index >= 15 is 0 Å². The molecule has 2 aromatic rings. The van der Waals surface area contributed by atoms with Crippen LogP contribution in [0.25, 0.3) is 0 Å². The van der Waals surface area contributed by atoms with Crippen LogP contribution in [0.15, 0.2) is 48.5 Å². The van der Waals surface area contributed by atoms with Gasteiger partial charge in [0, 0.05) is 22.7 Å². The smallest absolute Gasteiger partial charge is 0.406 e. The molecule has 0 unspecified atom stereocenters. The number of urea groups is 1. The van der Waals surface area contributed by atoms with Crippen molar-refractivity contribution in [1.82, 2.24) is 5.32 Å². The van der Waals surface area contributed by atoms with Crippen LogP contribution in [0.2, 0.25) is 5.02 Å². The summed E-state index contributed by atoms with van der Waals surface area (Å²) in [7, 11) is 0. The summed E-state index contributed by atoms with van der Waals surface area (Å²) in [5.41, 5.74) is 0.836. The van der Waals surface area contributed by atoms with Crippen LogP contribution in [0, 0.1) is 0 Å². The number of nitrogens with one attached hydrogen (secondary N) is 2. The van der Waals surface area contributed by atoms with Gasteiger partial charge in [-0.1, -0.05) is 43.6 Å². The Hall–Kier alpha value is -2.41. The fourth-order valence-corrected chi connectivity index (χ4v) is 2.71. The van der Waals surface area contributed by atoms with Crippen LogP contribution < -0.4 is 15.4 Å². The first-order valence-electron chi connectivity index (χ1n) is 7.72. The Labute approximate surface area is 154 Å². The second-order valence-corrected chi connectivity index (χ2v) is 6.65. The third-order valence-corrected chi connectivity index (χ3v) is 3.97. The van der Waals surface area contributed by atoms with E-state index in [9.17, 15) is 18.0 Å². The molecule has 26 heavy (non-hydrogen) atoms. The van der Waals surface area contributed by atoms with Crippen LogP contribution in [0.4, 0.5) is 23.7 Å². The molecule has 2 rings (SSSR count). The van der Waals surface area contributed by atoms with Gasteiger partial charge in [-0.25, -0.2) is 4.79 Å². The monoisotopic (exact) mass is 386 g/mol. The molecule has 140 valence electrons. The molecule has 0 spiro atoms. The predicted molar refractivity (Wildman–Crippen MR) is 94.6 cm³/mol. The number of hydrogen-bond donors (Lipinski definition) is 2. The summed E-state index contributed by atoms with van der Waals surface area (Å²) in [6.07, 6.45) is -4.75. The zero-order valence-corrected chi connectivity index (χ0v) is 14.9. The summed E-state index contributed by atoms with van der Waals surface area (Å²) in [5, 5.41) is 5.89. The third-order valence-electron chi connectivity index (χ3n) is 3.64. The van der Waals surface area contributed by atoms with E-state index < -0.39 is 17.8 Å². The zero-order chi connectivity index (χ0) is 19.4. The van der Waals surface area contributed by atoms with Crippen molar-refractivity contribution >= 4 is 23.3 Å². The van der Waals surface area contributed by atoms with Crippen molar-refractivity contribution in [2.75, 3.05) is 11.9 Å². The molecule has 0 aliphatic heterocycles. The van der Waals surface area contributed by atoms with Gasteiger partial charge in [-0.3, -0.25) is 0 Å². The summed E-state index contributed by atoms with van der Waals surface area (Å²) in [5.74, 6) is -0.358. The van der Waals surface area contributed by atoms with Crippen molar-refractivity contribution in [1.29, 1.82) is 0 Å². The normalized spacial score (nSPS) is 11.8. The highest BCUT2D eigenvalue weighted by Crippen LogP contribution is 2.29. The number of halogens is 4. The maximum absolute atomic E-state index is 12.1. The van der Waals surface area contributed by atoms with E-state index in [1.165, 1.54) is 12.1 Å². The van der Waals surface area contributed by atoms with E-state index in [0.29, 0.717) is 17.3 Å². The standard InChI is InChI=1S/C18H18ClF3N2O2/c1-17(2,14-5-3-4-6-15(14)19)11-23-16(25)24-12-7-9-13(10-8-12)26-18(20,21)22/h3-10H,11H2,1-2H3,(H2,23,24,25). The maximum Gasteiger partial charge on any atom is 0.573 e. The van der Waals surface area contributed by atoms with Gasteiger partial charge in [-0.15, -0.1) is 13.2 Å². The SMILES string of the molecule is CC(C)(CNC(=O)Nc1ccc(OC(F)(F)F)cc1)c1ccccc1Cl. The van der Waals surface area contributed by atoms with Crippen LogP contribution in [-0.4, -0.2) is 18.9 Å². The van der Waals surface area contributed by atoms with Gasteiger partial charge in [0.05, 0.1) is 0 Å². The zero-order valence-electron chi connectivity index (χ0n) is 14.2. The first-order valence-corrected chi connectivity index (χ1v) is 8.10. The molecule has 0 fully saturated rings. The lowest BCUT2D eigenvalue weighted by molar-refractivity contribution is -0.274. The van der Waals surface area contributed by atoms with E-state index in [1.54, 1.807) is 6.07 Å². The van der Waals surface area contributed by atoms with Crippen molar-refractivity contribution in [3.63, 3.8) is 0 Å². The van der Waals surface area contributed by atoms with Crippen LogP contribution in [0.5, 0.6) is 5.75 Å². The van der Waals surface area contributed by atoms with Gasteiger partial charge in [0.15, 0.2) is 0 Å². The van der Waals surface area contributed by atoms with Gasteiger partial charge in [-0.2, -0.15) is 0 Å². The molecule has 0 aliphatic carbocycles. The van der Waals surface area contributed by atoms with Gasteiger partial charge in [0.1, 0.15) is 5.75 Å². The molecular weight excluding hydrogens is 369 g/mol. The van der Waals surface area contributed by atoms with Crippen molar-refractivity contribution in [2.24, 2.45) is 0 Å². The first-order chi connectivity index (χ1) is 12.1. The average Bonchev–Trinajstić information content (AvgIpc) is 2.54. The van der Waals surface area contributed by atoms with Crippen LogP contribution >= 0.6 is 11.6 Å². The lowest BCUT2D eigenvalue weighted by Crippen LogP contribution is -2.39. The fraction of sp³-hybridized carbons (Fsp3) is 0.278. The number of anilines is 1. The molecular formula is C18H18ClF3N2O2. The highest BCUT2D eigenvalue weighted by atomic mass is 35.5. The number of carbonyl (C=O) groups excluding carboxylic acids is 1. The molecule has 0 atom stereocenters. The Morgan fingerprint density at radius 3 is 2.27 bits per heavy atom. The second kappa shape index (κ2) is 7.86. The number of benzene rings is 2. The largest absolute Gasteiger partial charge is 0.573 e. The number of carbonyl (C=O) groups is 1. The van der Waals surface area contributed by atoms with Crippen molar-refractivity contribution in [2.45, 2.75) is 25.6 Å². The van der Waals surface area contributed by atoms with Crippen LogP contribution in [0.1, 0.15) is 19.4 Å². The second-order valence-electron chi connectivity index (χ2n) is 6.24. The number of ether oxygens (including phenoxy) is 1. The minimum atomic E-state index is -4.75. The van der Waals surface area contributed by atoms with Crippen LogP contribution in [0.3, 0.4) is 0 Å². The number of rotatable bonds is 5. The molecule has 8 heteroatoms. The molecule has 0 saturated heterocycles. The number of hydrogen-bond acceptors (Lipinski definition) is 2. The lowest BCUT2D eigenvalue weighted by atomic mass is 9.84. The van der Waals surface area contributed by atoms with Crippen molar-refractivity contribution < 1.29 is 22.7 Å². The third kappa shape index (κ3) is 5.84. The number of amides is 2. The Bertz CT molecular complexity index is 762. The Morgan fingerprint density at radius 2 is 1.69 bits per heavy atom. The Kier molecular flexibility index (Phi) is 6.02. The summed E-state index contributed by atoms with van der Waals surface area (Å²) < 4.78 is 40.1. The molecule has 0 saturated carbocycles. The summed E-state index contributed by atoms with van der Waals surface area (Å²) >= 11 is 6.19. The van der Waals surface area contributed by atoms with Gasteiger partial charge in [-0.05, 0) is 35.9 Å². The molecule has 2 amide bonds. The minimum Gasteiger partial charge on any atom is -0.406 e. The summed E-state index contributed by atoms with van der Waals surface area (Å²) in [4.78, 5) is 12.0. The molecule has 0 aliphatic rings. The van der Waals surface area contributed by atoms with Gasteiger partial charge in [0.2, 0.25) is 0 Å². The van der Waals surface area contributed by atoms with E-state index in [-0.39, 0.29) is 5.75 Å². The summed E-state index contributed by atoms with van der Waals surface area (Å²) in [6.45, 7) is 4.20. The maximum atomic E-state index is 12.1. The first kappa shape index (κ1) is 19.9. The number of alkyl halides is 3. The van der Waals surface area contributed by atoms with Crippen molar-refractivity contribution in [3.05, 3.63) is 59.1 Å². The molecule has 0 radical (unpaired) electrons.